The largest absolute Gasteiger partial charge is 0.365 e. The molecule has 5 heteroatoms. The van der Waals surface area contributed by atoms with Gasteiger partial charge in [0.15, 0.2) is 11.6 Å². The number of hydrogen-bond acceptors (Lipinski definition) is 3. The summed E-state index contributed by atoms with van der Waals surface area (Å²) in [7, 11) is 3.83. The van der Waals surface area contributed by atoms with Gasteiger partial charge in [0.2, 0.25) is 0 Å². The molecule has 0 unspecified atom stereocenters. The van der Waals surface area contributed by atoms with E-state index in [1.54, 1.807) is 11.0 Å². The Morgan fingerprint density at radius 3 is 2.10 bits per heavy atom. The number of benzene rings is 1. The van der Waals surface area contributed by atoms with Crippen molar-refractivity contribution in [1.29, 1.82) is 5.26 Å². The molecule has 1 aromatic rings. The maximum absolute atomic E-state index is 14.1. The van der Waals surface area contributed by atoms with Gasteiger partial charge in [0.05, 0.1) is 11.6 Å². The first-order valence-corrected chi connectivity index (χ1v) is 6.64. The van der Waals surface area contributed by atoms with E-state index in [0.717, 1.165) is 12.1 Å². The van der Waals surface area contributed by atoms with Gasteiger partial charge in [-0.2, -0.15) is 5.26 Å². The number of nitriles is 1. The van der Waals surface area contributed by atoms with Crippen molar-refractivity contribution < 1.29 is 8.78 Å². The second-order valence-corrected chi connectivity index (χ2v) is 5.54. The van der Waals surface area contributed by atoms with Gasteiger partial charge in [0.25, 0.3) is 0 Å². The molecule has 0 amide bonds. The number of halogens is 2. The lowest BCUT2D eigenvalue weighted by Crippen LogP contribution is -2.35. The maximum Gasteiger partial charge on any atom is 0.150 e. The number of anilines is 1. The van der Waals surface area contributed by atoms with Crippen molar-refractivity contribution in [2.75, 3.05) is 38.6 Å². The quantitative estimate of drug-likeness (QED) is 0.803. The number of likely N-dealkylation sites (N-methyl/N-ethyl adjacent to an activating group) is 1. The summed E-state index contributed by atoms with van der Waals surface area (Å²) in [5.74, 6) is -1.08. The summed E-state index contributed by atoms with van der Waals surface area (Å²) in [6.45, 7) is 5.80. The van der Waals surface area contributed by atoms with E-state index in [0.29, 0.717) is 19.6 Å². The van der Waals surface area contributed by atoms with Gasteiger partial charge >= 0.3 is 0 Å². The van der Waals surface area contributed by atoms with Crippen LogP contribution in [0.4, 0.5) is 14.5 Å². The van der Waals surface area contributed by atoms with Crippen LogP contribution < -0.4 is 4.90 Å². The molecule has 0 spiro atoms. The summed E-state index contributed by atoms with van der Waals surface area (Å²) in [5.41, 5.74) is -0.0413. The van der Waals surface area contributed by atoms with Crippen LogP contribution in [0.25, 0.3) is 0 Å². The molecule has 110 valence electrons. The zero-order valence-electron chi connectivity index (χ0n) is 12.5. The van der Waals surface area contributed by atoms with Gasteiger partial charge in [-0.1, -0.05) is 13.8 Å². The van der Waals surface area contributed by atoms with Crippen molar-refractivity contribution in [2.24, 2.45) is 5.92 Å². The minimum Gasteiger partial charge on any atom is -0.365 e. The summed E-state index contributed by atoms with van der Waals surface area (Å²) in [6, 6.07) is 3.93. The molecule has 1 aromatic carbocycles. The van der Waals surface area contributed by atoms with Crippen molar-refractivity contribution >= 4 is 5.69 Å². The predicted octanol–water partition coefficient (Wildman–Crippen LogP) is 2.86. The van der Waals surface area contributed by atoms with Gasteiger partial charge < -0.3 is 9.80 Å². The lowest BCUT2D eigenvalue weighted by atomic mass is 10.1. The van der Waals surface area contributed by atoms with E-state index >= 15 is 0 Å². The Bertz CT molecular complexity index is 469. The zero-order chi connectivity index (χ0) is 15.3. The molecule has 0 saturated carbocycles. The van der Waals surface area contributed by atoms with Crippen LogP contribution in [0.15, 0.2) is 12.1 Å². The molecular weight excluding hydrogens is 260 g/mol. The van der Waals surface area contributed by atoms with Crippen molar-refractivity contribution in [2.45, 2.75) is 13.8 Å². The van der Waals surface area contributed by atoms with Crippen LogP contribution in [0.3, 0.4) is 0 Å². The van der Waals surface area contributed by atoms with E-state index in [-0.39, 0.29) is 17.2 Å². The molecule has 0 saturated heterocycles. The van der Waals surface area contributed by atoms with Crippen molar-refractivity contribution in [1.82, 2.24) is 4.90 Å². The SMILES string of the molecule is CC(C)CN(CCN(C)C)c1c(F)cc(C#N)cc1F. The zero-order valence-corrected chi connectivity index (χ0v) is 12.5. The molecule has 0 heterocycles. The first-order valence-electron chi connectivity index (χ1n) is 6.64. The fourth-order valence-electron chi connectivity index (χ4n) is 1.99. The van der Waals surface area contributed by atoms with Crippen LogP contribution in [0, 0.1) is 28.9 Å². The molecule has 0 radical (unpaired) electrons. The monoisotopic (exact) mass is 281 g/mol. The fourth-order valence-corrected chi connectivity index (χ4v) is 1.99. The lowest BCUT2D eigenvalue weighted by molar-refractivity contribution is 0.406. The maximum atomic E-state index is 14.1. The van der Waals surface area contributed by atoms with Gasteiger partial charge in [0.1, 0.15) is 5.69 Å². The van der Waals surface area contributed by atoms with E-state index in [4.69, 9.17) is 5.26 Å². The summed E-state index contributed by atoms with van der Waals surface area (Å²) < 4.78 is 28.2. The highest BCUT2D eigenvalue weighted by atomic mass is 19.1. The highest BCUT2D eigenvalue weighted by Gasteiger charge is 2.19. The standard InChI is InChI=1S/C15H21F2N3/c1-11(2)10-20(6-5-19(3)4)15-13(16)7-12(9-18)8-14(15)17/h7-8,11H,5-6,10H2,1-4H3. The molecule has 0 bridgehead atoms. The van der Waals surface area contributed by atoms with Crippen molar-refractivity contribution in [3.8, 4) is 6.07 Å². The molecule has 1 rings (SSSR count). The average Bonchev–Trinajstić information content (AvgIpc) is 2.33. The third-order valence-electron chi connectivity index (χ3n) is 2.86. The van der Waals surface area contributed by atoms with Crippen LogP contribution in [-0.2, 0) is 0 Å². The van der Waals surface area contributed by atoms with Crippen LogP contribution in [0.1, 0.15) is 19.4 Å². The Morgan fingerprint density at radius 2 is 1.70 bits per heavy atom. The molecule has 20 heavy (non-hydrogen) atoms. The summed E-state index contributed by atoms with van der Waals surface area (Å²) in [6.07, 6.45) is 0. The number of hydrogen-bond donors (Lipinski definition) is 0. The van der Waals surface area contributed by atoms with E-state index in [9.17, 15) is 8.78 Å². The molecule has 0 aromatic heterocycles. The molecule has 0 aliphatic heterocycles. The predicted molar refractivity (Wildman–Crippen MR) is 76.7 cm³/mol. The third-order valence-corrected chi connectivity index (χ3v) is 2.86. The molecule has 3 nitrogen and oxygen atoms in total. The summed E-state index contributed by atoms with van der Waals surface area (Å²) in [5, 5.41) is 8.73. The molecule has 0 atom stereocenters. The topological polar surface area (TPSA) is 30.3 Å². The highest BCUT2D eigenvalue weighted by Crippen LogP contribution is 2.25. The van der Waals surface area contributed by atoms with Crippen LogP contribution >= 0.6 is 0 Å². The van der Waals surface area contributed by atoms with E-state index in [1.807, 2.05) is 32.8 Å². The Hall–Kier alpha value is -1.67. The van der Waals surface area contributed by atoms with Crippen LogP contribution in [-0.4, -0.2) is 38.6 Å². The Balaban J connectivity index is 3.09. The summed E-state index contributed by atoms with van der Waals surface area (Å²) in [4.78, 5) is 3.67. The van der Waals surface area contributed by atoms with Crippen LogP contribution in [0.2, 0.25) is 0 Å². The molecule has 0 fully saturated rings. The second-order valence-electron chi connectivity index (χ2n) is 5.54. The van der Waals surface area contributed by atoms with Gasteiger partial charge in [-0.25, -0.2) is 8.78 Å². The minimum absolute atomic E-state index is 0.000793. The van der Waals surface area contributed by atoms with E-state index < -0.39 is 11.6 Å². The van der Waals surface area contributed by atoms with Gasteiger partial charge in [-0.3, -0.25) is 0 Å². The van der Waals surface area contributed by atoms with Crippen LogP contribution in [0.5, 0.6) is 0 Å². The van der Waals surface area contributed by atoms with Crippen molar-refractivity contribution in [3.63, 3.8) is 0 Å². The normalized spacial score (nSPS) is 10.9. The molecular formula is C15H21F2N3. The Kier molecular flexibility index (Phi) is 5.90. The Morgan fingerprint density at radius 1 is 1.15 bits per heavy atom. The smallest absolute Gasteiger partial charge is 0.150 e. The average molecular weight is 281 g/mol. The van der Waals surface area contributed by atoms with Gasteiger partial charge in [-0.05, 0) is 32.1 Å². The van der Waals surface area contributed by atoms with E-state index in [2.05, 4.69) is 0 Å². The molecule has 0 aliphatic rings. The van der Waals surface area contributed by atoms with Crippen molar-refractivity contribution in [3.05, 3.63) is 29.3 Å². The molecule has 0 N–H and O–H groups in total. The van der Waals surface area contributed by atoms with Gasteiger partial charge in [-0.15, -0.1) is 0 Å². The van der Waals surface area contributed by atoms with E-state index in [1.165, 1.54) is 0 Å². The minimum atomic E-state index is -0.680. The lowest BCUT2D eigenvalue weighted by Gasteiger charge is -2.28. The first kappa shape index (κ1) is 16.4. The first-order chi connectivity index (χ1) is 9.35. The summed E-state index contributed by atoms with van der Waals surface area (Å²) >= 11 is 0. The highest BCUT2D eigenvalue weighted by molar-refractivity contribution is 5.52. The fraction of sp³-hybridized carbons (Fsp3) is 0.533. The number of rotatable bonds is 6. The second kappa shape index (κ2) is 7.20. The Labute approximate surface area is 119 Å². The molecule has 0 aliphatic carbocycles. The third kappa shape index (κ3) is 4.46. The van der Waals surface area contributed by atoms with Gasteiger partial charge in [0, 0.05) is 19.6 Å². The number of nitrogens with zero attached hydrogens (tertiary/aromatic N) is 3.